The van der Waals surface area contributed by atoms with Crippen LogP contribution in [0.5, 0.6) is 5.75 Å². The summed E-state index contributed by atoms with van der Waals surface area (Å²) in [5, 5.41) is 4.67. The maximum absolute atomic E-state index is 11.8. The van der Waals surface area contributed by atoms with Crippen LogP contribution in [-0.2, 0) is 11.3 Å². The molecule has 6 nitrogen and oxygen atoms in total. The van der Waals surface area contributed by atoms with Gasteiger partial charge >= 0.3 is 6.03 Å². The number of urea groups is 1. The number of amides is 3. The van der Waals surface area contributed by atoms with E-state index in [1.165, 1.54) is 0 Å². The fourth-order valence-corrected chi connectivity index (χ4v) is 2.00. The van der Waals surface area contributed by atoms with Crippen LogP contribution >= 0.6 is 15.9 Å². The number of carbonyl (C=O) groups excluding carboxylic acids is 2. The average molecular weight is 344 g/mol. The number of rotatable bonds is 5. The van der Waals surface area contributed by atoms with Crippen LogP contribution in [0.2, 0.25) is 0 Å². The third kappa shape index (κ3) is 4.50. The van der Waals surface area contributed by atoms with Crippen LogP contribution in [0, 0.1) is 0 Å². The SMILES string of the molecule is CCNC(=O)NC(=O)C(C)Oc1c(Br)cccc1CN. The molecule has 0 heterocycles. The van der Waals surface area contributed by atoms with Crippen molar-refractivity contribution >= 4 is 27.9 Å². The van der Waals surface area contributed by atoms with Gasteiger partial charge < -0.3 is 15.8 Å². The number of ether oxygens (including phenoxy) is 1. The van der Waals surface area contributed by atoms with Gasteiger partial charge in [-0.2, -0.15) is 0 Å². The minimum absolute atomic E-state index is 0.291. The minimum atomic E-state index is -0.818. The summed E-state index contributed by atoms with van der Waals surface area (Å²) in [6.07, 6.45) is -0.818. The molecule has 1 aromatic rings. The summed E-state index contributed by atoms with van der Waals surface area (Å²) in [5.74, 6) is -0.0109. The number of hydrogen-bond donors (Lipinski definition) is 3. The van der Waals surface area contributed by atoms with Gasteiger partial charge in [0.2, 0.25) is 0 Å². The van der Waals surface area contributed by atoms with Gasteiger partial charge in [-0.15, -0.1) is 0 Å². The van der Waals surface area contributed by atoms with Gasteiger partial charge in [0.25, 0.3) is 5.91 Å². The molecule has 20 heavy (non-hydrogen) atoms. The van der Waals surface area contributed by atoms with Gasteiger partial charge in [0.15, 0.2) is 6.10 Å². The first-order chi connectivity index (χ1) is 9.49. The molecule has 0 spiro atoms. The van der Waals surface area contributed by atoms with Crippen molar-refractivity contribution < 1.29 is 14.3 Å². The molecule has 0 saturated carbocycles. The van der Waals surface area contributed by atoms with Crippen molar-refractivity contribution in [2.75, 3.05) is 6.54 Å². The number of para-hydroxylation sites is 1. The molecule has 4 N–H and O–H groups in total. The molecule has 3 amide bonds. The number of halogens is 1. The number of nitrogens with two attached hydrogens (primary N) is 1. The van der Waals surface area contributed by atoms with Crippen molar-refractivity contribution in [2.45, 2.75) is 26.5 Å². The quantitative estimate of drug-likeness (QED) is 0.755. The maximum atomic E-state index is 11.8. The van der Waals surface area contributed by atoms with Gasteiger partial charge in [-0.1, -0.05) is 12.1 Å². The maximum Gasteiger partial charge on any atom is 0.321 e. The molecule has 0 radical (unpaired) electrons. The minimum Gasteiger partial charge on any atom is -0.479 e. The highest BCUT2D eigenvalue weighted by Crippen LogP contribution is 2.29. The molecule has 1 aromatic carbocycles. The number of nitrogens with one attached hydrogen (secondary N) is 2. The van der Waals surface area contributed by atoms with Crippen LogP contribution < -0.4 is 21.1 Å². The first-order valence-electron chi connectivity index (χ1n) is 6.22. The number of hydrogen-bond acceptors (Lipinski definition) is 4. The van der Waals surface area contributed by atoms with Gasteiger partial charge in [-0.25, -0.2) is 4.79 Å². The fourth-order valence-electron chi connectivity index (χ4n) is 1.49. The van der Waals surface area contributed by atoms with E-state index in [0.29, 0.717) is 23.3 Å². The third-order valence-corrected chi connectivity index (χ3v) is 3.13. The zero-order chi connectivity index (χ0) is 15.1. The summed E-state index contributed by atoms with van der Waals surface area (Å²) in [5.41, 5.74) is 6.40. The van der Waals surface area contributed by atoms with Crippen molar-refractivity contribution in [1.29, 1.82) is 0 Å². The second kappa shape index (κ2) is 7.86. The van der Waals surface area contributed by atoms with Gasteiger partial charge in [0.05, 0.1) is 4.47 Å². The molecular formula is C13H18BrN3O3. The summed E-state index contributed by atoms with van der Waals surface area (Å²) in [4.78, 5) is 23.1. The number of carbonyl (C=O) groups is 2. The molecule has 1 rings (SSSR count). The van der Waals surface area contributed by atoms with E-state index in [9.17, 15) is 9.59 Å². The molecule has 1 atom stereocenters. The van der Waals surface area contributed by atoms with Gasteiger partial charge in [0.1, 0.15) is 5.75 Å². The molecular weight excluding hydrogens is 326 g/mol. The standard InChI is InChI=1S/C13H18BrN3O3/c1-3-16-13(19)17-12(18)8(2)20-11-9(7-15)5-4-6-10(11)14/h4-6,8H,3,7,15H2,1-2H3,(H2,16,17,18,19). The van der Waals surface area contributed by atoms with E-state index in [1.807, 2.05) is 12.1 Å². The molecule has 1 unspecified atom stereocenters. The Bertz CT molecular complexity index is 494. The van der Waals surface area contributed by atoms with E-state index < -0.39 is 18.0 Å². The molecule has 0 bridgehead atoms. The van der Waals surface area contributed by atoms with Crippen molar-refractivity contribution in [3.05, 3.63) is 28.2 Å². The highest BCUT2D eigenvalue weighted by atomic mass is 79.9. The highest BCUT2D eigenvalue weighted by molar-refractivity contribution is 9.10. The van der Waals surface area contributed by atoms with E-state index in [2.05, 4.69) is 26.6 Å². The second-order valence-corrected chi connectivity index (χ2v) is 4.90. The predicted octanol–water partition coefficient (Wildman–Crippen LogP) is 1.52. The summed E-state index contributed by atoms with van der Waals surface area (Å²) in [7, 11) is 0. The van der Waals surface area contributed by atoms with E-state index in [1.54, 1.807) is 19.9 Å². The Kier molecular flexibility index (Phi) is 6.47. The molecule has 0 aromatic heterocycles. The largest absolute Gasteiger partial charge is 0.479 e. The van der Waals surface area contributed by atoms with Crippen molar-refractivity contribution in [1.82, 2.24) is 10.6 Å². The molecule has 0 aliphatic carbocycles. The summed E-state index contributed by atoms with van der Waals surface area (Å²) in [6, 6.07) is 4.90. The smallest absolute Gasteiger partial charge is 0.321 e. The lowest BCUT2D eigenvalue weighted by molar-refractivity contribution is -0.126. The average Bonchev–Trinajstić information content (AvgIpc) is 2.41. The van der Waals surface area contributed by atoms with E-state index in [4.69, 9.17) is 10.5 Å². The normalized spacial score (nSPS) is 11.6. The van der Waals surface area contributed by atoms with E-state index >= 15 is 0 Å². The van der Waals surface area contributed by atoms with E-state index in [0.717, 1.165) is 5.56 Å². The number of benzene rings is 1. The van der Waals surface area contributed by atoms with Crippen LogP contribution in [-0.4, -0.2) is 24.6 Å². The van der Waals surface area contributed by atoms with Crippen LogP contribution in [0.3, 0.4) is 0 Å². The Hall–Kier alpha value is -1.60. The number of imide groups is 1. The van der Waals surface area contributed by atoms with Crippen molar-refractivity contribution in [3.8, 4) is 5.75 Å². The summed E-state index contributed by atoms with van der Waals surface area (Å²) in [6.45, 7) is 4.06. The lowest BCUT2D eigenvalue weighted by atomic mass is 10.2. The van der Waals surface area contributed by atoms with Crippen LogP contribution in [0.4, 0.5) is 4.79 Å². The van der Waals surface area contributed by atoms with Crippen molar-refractivity contribution in [3.63, 3.8) is 0 Å². The Morgan fingerprint density at radius 1 is 1.45 bits per heavy atom. The van der Waals surface area contributed by atoms with E-state index in [-0.39, 0.29) is 0 Å². The topological polar surface area (TPSA) is 93.5 Å². The highest BCUT2D eigenvalue weighted by Gasteiger charge is 2.19. The van der Waals surface area contributed by atoms with Gasteiger partial charge in [0, 0.05) is 18.7 Å². The Balaban J connectivity index is 2.73. The third-order valence-electron chi connectivity index (χ3n) is 2.51. The first kappa shape index (κ1) is 16.5. The first-order valence-corrected chi connectivity index (χ1v) is 7.01. The monoisotopic (exact) mass is 343 g/mol. The summed E-state index contributed by atoms with van der Waals surface area (Å²) >= 11 is 3.35. The molecule has 0 saturated heterocycles. The zero-order valence-electron chi connectivity index (χ0n) is 11.4. The molecule has 0 fully saturated rings. The van der Waals surface area contributed by atoms with Crippen LogP contribution in [0.1, 0.15) is 19.4 Å². The van der Waals surface area contributed by atoms with Crippen molar-refractivity contribution in [2.24, 2.45) is 5.73 Å². The van der Waals surface area contributed by atoms with Crippen LogP contribution in [0.25, 0.3) is 0 Å². The Labute approximate surface area is 126 Å². The summed E-state index contributed by atoms with van der Waals surface area (Å²) < 4.78 is 6.30. The van der Waals surface area contributed by atoms with Gasteiger partial charge in [-0.05, 0) is 35.8 Å². The van der Waals surface area contributed by atoms with Gasteiger partial charge in [-0.3, -0.25) is 10.1 Å². The lowest BCUT2D eigenvalue weighted by Crippen LogP contribution is -2.45. The Morgan fingerprint density at radius 3 is 2.75 bits per heavy atom. The molecule has 0 aliphatic rings. The molecule has 110 valence electrons. The second-order valence-electron chi connectivity index (χ2n) is 4.04. The zero-order valence-corrected chi connectivity index (χ0v) is 13.0. The fraction of sp³-hybridized carbons (Fsp3) is 0.385. The molecule has 7 heteroatoms. The predicted molar refractivity (Wildman–Crippen MR) is 79.3 cm³/mol. The lowest BCUT2D eigenvalue weighted by Gasteiger charge is -2.17. The molecule has 0 aliphatic heterocycles. The van der Waals surface area contributed by atoms with Crippen LogP contribution in [0.15, 0.2) is 22.7 Å². The Morgan fingerprint density at radius 2 is 2.15 bits per heavy atom.